The Labute approximate surface area is 146 Å². The van der Waals surface area contributed by atoms with E-state index >= 15 is 0 Å². The number of benzene rings is 1. The molecule has 3 aromatic rings. The van der Waals surface area contributed by atoms with Crippen LogP contribution in [0.5, 0.6) is 11.6 Å². The van der Waals surface area contributed by atoms with Gasteiger partial charge in [0.05, 0.1) is 23.0 Å². The third-order valence-electron chi connectivity index (χ3n) is 3.92. The van der Waals surface area contributed by atoms with Gasteiger partial charge in [0.15, 0.2) is 0 Å². The van der Waals surface area contributed by atoms with Gasteiger partial charge in [0, 0.05) is 37.0 Å². The first-order valence-corrected chi connectivity index (χ1v) is 8.05. The monoisotopic (exact) mass is 333 g/mol. The number of nitrogens with two attached hydrogens (primary N) is 1. The predicted molar refractivity (Wildman–Crippen MR) is 94.9 cm³/mol. The SMILES string of the molecule is CCc1cc(Oc2cc(C#N)ccc2-c2ccc(CN)nc2)n(C)n1. The van der Waals surface area contributed by atoms with Gasteiger partial charge in [-0.15, -0.1) is 0 Å². The molecule has 0 amide bonds. The van der Waals surface area contributed by atoms with Crippen molar-refractivity contribution in [2.24, 2.45) is 12.8 Å². The normalized spacial score (nSPS) is 10.5. The molecular weight excluding hydrogens is 314 g/mol. The van der Waals surface area contributed by atoms with E-state index < -0.39 is 0 Å². The van der Waals surface area contributed by atoms with E-state index in [1.807, 2.05) is 38.2 Å². The van der Waals surface area contributed by atoms with Gasteiger partial charge in [-0.05, 0) is 30.7 Å². The lowest BCUT2D eigenvalue weighted by Gasteiger charge is -2.12. The Hall–Kier alpha value is -3.17. The summed E-state index contributed by atoms with van der Waals surface area (Å²) in [5, 5.41) is 13.6. The highest BCUT2D eigenvalue weighted by Crippen LogP contribution is 2.34. The summed E-state index contributed by atoms with van der Waals surface area (Å²) >= 11 is 0. The van der Waals surface area contributed by atoms with Gasteiger partial charge in [0.2, 0.25) is 5.88 Å². The molecule has 0 spiro atoms. The Bertz CT molecular complexity index is 922. The maximum absolute atomic E-state index is 9.21. The van der Waals surface area contributed by atoms with E-state index in [-0.39, 0.29) is 0 Å². The lowest BCUT2D eigenvalue weighted by molar-refractivity contribution is 0.432. The lowest BCUT2D eigenvalue weighted by atomic mass is 10.0. The molecule has 126 valence electrons. The van der Waals surface area contributed by atoms with Crippen LogP contribution in [0.1, 0.15) is 23.9 Å². The predicted octanol–water partition coefficient (Wildman–Crippen LogP) is 3.17. The van der Waals surface area contributed by atoms with Gasteiger partial charge in [-0.3, -0.25) is 4.98 Å². The molecule has 2 aromatic heterocycles. The highest BCUT2D eigenvalue weighted by molar-refractivity contribution is 5.71. The minimum Gasteiger partial charge on any atom is -0.439 e. The summed E-state index contributed by atoms with van der Waals surface area (Å²) in [5.74, 6) is 1.21. The molecule has 6 nitrogen and oxygen atoms in total. The van der Waals surface area contributed by atoms with Crippen LogP contribution >= 0.6 is 0 Å². The maximum Gasteiger partial charge on any atom is 0.217 e. The number of aromatic nitrogens is 3. The van der Waals surface area contributed by atoms with Gasteiger partial charge in [-0.25, -0.2) is 4.68 Å². The van der Waals surface area contributed by atoms with Crippen molar-refractivity contribution >= 4 is 0 Å². The van der Waals surface area contributed by atoms with Crippen LogP contribution in [-0.2, 0) is 20.0 Å². The Kier molecular flexibility index (Phi) is 4.78. The zero-order chi connectivity index (χ0) is 17.8. The van der Waals surface area contributed by atoms with Crippen molar-refractivity contribution in [1.82, 2.24) is 14.8 Å². The van der Waals surface area contributed by atoms with Crippen molar-refractivity contribution in [3.05, 3.63) is 59.5 Å². The number of pyridine rings is 1. The van der Waals surface area contributed by atoms with E-state index in [0.717, 1.165) is 28.9 Å². The van der Waals surface area contributed by atoms with Crippen LogP contribution in [0.3, 0.4) is 0 Å². The highest BCUT2D eigenvalue weighted by atomic mass is 16.5. The number of nitrogens with zero attached hydrogens (tertiary/aromatic N) is 4. The average Bonchev–Trinajstić information content (AvgIpc) is 3.01. The van der Waals surface area contributed by atoms with Crippen LogP contribution < -0.4 is 10.5 Å². The molecule has 3 rings (SSSR count). The Balaban J connectivity index is 2.03. The molecular formula is C19H19N5O. The van der Waals surface area contributed by atoms with E-state index in [0.29, 0.717) is 23.7 Å². The van der Waals surface area contributed by atoms with Crippen LogP contribution in [-0.4, -0.2) is 14.8 Å². The van der Waals surface area contributed by atoms with Crippen molar-refractivity contribution < 1.29 is 4.74 Å². The van der Waals surface area contributed by atoms with E-state index in [2.05, 4.69) is 16.2 Å². The van der Waals surface area contributed by atoms with E-state index in [4.69, 9.17) is 10.5 Å². The molecule has 0 saturated carbocycles. The minimum absolute atomic E-state index is 0.395. The maximum atomic E-state index is 9.21. The first-order valence-electron chi connectivity index (χ1n) is 8.05. The Morgan fingerprint density at radius 2 is 2.04 bits per heavy atom. The zero-order valence-corrected chi connectivity index (χ0v) is 14.2. The van der Waals surface area contributed by atoms with Gasteiger partial charge in [-0.2, -0.15) is 10.4 Å². The summed E-state index contributed by atoms with van der Waals surface area (Å²) in [6, 6.07) is 13.2. The Morgan fingerprint density at radius 1 is 1.20 bits per heavy atom. The van der Waals surface area contributed by atoms with Gasteiger partial charge in [-0.1, -0.05) is 13.0 Å². The smallest absolute Gasteiger partial charge is 0.217 e. The molecule has 1 aromatic carbocycles. The third-order valence-corrected chi connectivity index (χ3v) is 3.92. The first kappa shape index (κ1) is 16.7. The second kappa shape index (κ2) is 7.16. The zero-order valence-electron chi connectivity index (χ0n) is 14.2. The number of ether oxygens (including phenoxy) is 1. The molecule has 2 N–H and O–H groups in total. The fourth-order valence-electron chi connectivity index (χ4n) is 2.51. The van der Waals surface area contributed by atoms with Crippen molar-refractivity contribution in [1.29, 1.82) is 5.26 Å². The van der Waals surface area contributed by atoms with Crippen LogP contribution in [0.4, 0.5) is 0 Å². The Morgan fingerprint density at radius 3 is 2.64 bits per heavy atom. The van der Waals surface area contributed by atoms with Gasteiger partial charge >= 0.3 is 0 Å². The highest BCUT2D eigenvalue weighted by Gasteiger charge is 2.13. The number of hydrogen-bond acceptors (Lipinski definition) is 5. The van der Waals surface area contributed by atoms with Crippen molar-refractivity contribution in [3.63, 3.8) is 0 Å². The van der Waals surface area contributed by atoms with Crippen LogP contribution in [0.2, 0.25) is 0 Å². The topological polar surface area (TPSA) is 89.7 Å². The molecule has 0 saturated heterocycles. The average molecular weight is 333 g/mol. The van der Waals surface area contributed by atoms with Crippen molar-refractivity contribution in [2.45, 2.75) is 19.9 Å². The molecule has 0 bridgehead atoms. The summed E-state index contributed by atoms with van der Waals surface area (Å²) < 4.78 is 7.77. The van der Waals surface area contributed by atoms with Gasteiger partial charge in [0.1, 0.15) is 5.75 Å². The lowest BCUT2D eigenvalue weighted by Crippen LogP contribution is -1.99. The quantitative estimate of drug-likeness (QED) is 0.774. The molecule has 0 aliphatic heterocycles. The largest absolute Gasteiger partial charge is 0.439 e. The fourth-order valence-corrected chi connectivity index (χ4v) is 2.51. The third kappa shape index (κ3) is 3.52. The molecule has 0 aliphatic carbocycles. The fraction of sp³-hybridized carbons (Fsp3) is 0.211. The molecule has 0 atom stereocenters. The molecule has 6 heteroatoms. The minimum atomic E-state index is 0.395. The van der Waals surface area contributed by atoms with Crippen LogP contribution in [0, 0.1) is 11.3 Å². The summed E-state index contributed by atoms with van der Waals surface area (Å²) in [6.07, 6.45) is 2.59. The molecule has 2 heterocycles. The van der Waals surface area contributed by atoms with E-state index in [1.54, 1.807) is 23.0 Å². The van der Waals surface area contributed by atoms with Gasteiger partial charge < -0.3 is 10.5 Å². The molecule has 0 aliphatic rings. The second-order valence-corrected chi connectivity index (χ2v) is 5.62. The van der Waals surface area contributed by atoms with Crippen molar-refractivity contribution in [2.75, 3.05) is 0 Å². The number of aryl methyl sites for hydroxylation is 2. The first-order chi connectivity index (χ1) is 12.1. The summed E-state index contributed by atoms with van der Waals surface area (Å²) in [5.41, 5.74) is 9.66. The van der Waals surface area contributed by atoms with Crippen LogP contribution in [0.25, 0.3) is 11.1 Å². The summed E-state index contributed by atoms with van der Waals surface area (Å²) in [4.78, 5) is 4.34. The van der Waals surface area contributed by atoms with E-state index in [9.17, 15) is 5.26 Å². The van der Waals surface area contributed by atoms with Crippen molar-refractivity contribution in [3.8, 4) is 28.8 Å². The van der Waals surface area contributed by atoms with Gasteiger partial charge in [0.25, 0.3) is 0 Å². The van der Waals surface area contributed by atoms with Crippen LogP contribution in [0.15, 0.2) is 42.6 Å². The summed E-state index contributed by atoms with van der Waals surface area (Å²) in [6.45, 7) is 2.43. The number of hydrogen-bond donors (Lipinski definition) is 1. The molecule has 0 fully saturated rings. The second-order valence-electron chi connectivity index (χ2n) is 5.62. The molecule has 0 unspecified atom stereocenters. The summed E-state index contributed by atoms with van der Waals surface area (Å²) in [7, 11) is 1.83. The number of nitriles is 1. The standard InChI is InChI=1S/C19H19N5O/c1-3-15-9-19(24(2)23-15)25-18-8-13(10-20)4-7-17(18)14-5-6-16(11-21)22-12-14/h4-9,12H,3,11,21H2,1-2H3. The van der Waals surface area contributed by atoms with E-state index in [1.165, 1.54) is 0 Å². The molecule has 25 heavy (non-hydrogen) atoms. The number of rotatable bonds is 5. The molecule has 0 radical (unpaired) electrons.